The van der Waals surface area contributed by atoms with Crippen LogP contribution in [0.25, 0.3) is 5.69 Å². The Morgan fingerprint density at radius 3 is 2.80 bits per heavy atom. The Hall–Kier alpha value is -1.72. The van der Waals surface area contributed by atoms with Gasteiger partial charge >= 0.3 is 6.03 Å². The SMILES string of the molecule is NC(=O)N1CCc2c(cnn2-c2ccc(Cl)c(Cl)c2)C1. The van der Waals surface area contributed by atoms with Gasteiger partial charge < -0.3 is 10.6 Å². The maximum atomic E-state index is 11.2. The molecule has 20 heavy (non-hydrogen) atoms. The van der Waals surface area contributed by atoms with Crippen molar-refractivity contribution in [2.75, 3.05) is 6.54 Å². The van der Waals surface area contributed by atoms with Crippen LogP contribution in [0.1, 0.15) is 11.3 Å². The predicted octanol–water partition coefficient (Wildman–Crippen LogP) is 2.62. The topological polar surface area (TPSA) is 64.2 Å². The monoisotopic (exact) mass is 310 g/mol. The first kappa shape index (κ1) is 13.3. The number of urea groups is 1. The highest BCUT2D eigenvalue weighted by Crippen LogP contribution is 2.27. The van der Waals surface area contributed by atoms with E-state index in [0.717, 1.165) is 16.9 Å². The summed E-state index contributed by atoms with van der Waals surface area (Å²) in [7, 11) is 0. The Kier molecular flexibility index (Phi) is 3.31. The summed E-state index contributed by atoms with van der Waals surface area (Å²) in [5.74, 6) is 0. The average molecular weight is 311 g/mol. The predicted molar refractivity (Wildman–Crippen MR) is 77.3 cm³/mol. The van der Waals surface area contributed by atoms with Crippen molar-refractivity contribution in [2.45, 2.75) is 13.0 Å². The molecule has 0 bridgehead atoms. The minimum Gasteiger partial charge on any atom is -0.351 e. The summed E-state index contributed by atoms with van der Waals surface area (Å²) >= 11 is 12.0. The van der Waals surface area contributed by atoms with Gasteiger partial charge in [-0.25, -0.2) is 9.48 Å². The number of hydrogen-bond acceptors (Lipinski definition) is 2. The van der Waals surface area contributed by atoms with Crippen LogP contribution in [0.15, 0.2) is 24.4 Å². The Balaban J connectivity index is 1.97. The molecule has 7 heteroatoms. The van der Waals surface area contributed by atoms with Gasteiger partial charge in [-0.15, -0.1) is 0 Å². The zero-order valence-electron chi connectivity index (χ0n) is 10.5. The van der Waals surface area contributed by atoms with Gasteiger partial charge in [0.2, 0.25) is 0 Å². The molecule has 3 rings (SSSR count). The summed E-state index contributed by atoms with van der Waals surface area (Å²) in [6.07, 6.45) is 2.46. The van der Waals surface area contributed by atoms with Crippen molar-refractivity contribution in [1.82, 2.24) is 14.7 Å². The molecule has 2 N–H and O–H groups in total. The Morgan fingerprint density at radius 2 is 2.10 bits per heavy atom. The number of carbonyl (C=O) groups excluding carboxylic acids is 1. The van der Waals surface area contributed by atoms with Gasteiger partial charge in [0.15, 0.2) is 0 Å². The lowest BCUT2D eigenvalue weighted by atomic mass is 10.1. The second-order valence-electron chi connectivity index (χ2n) is 4.64. The fourth-order valence-corrected chi connectivity index (χ4v) is 2.65. The van der Waals surface area contributed by atoms with Crippen LogP contribution in [0.5, 0.6) is 0 Å². The molecule has 0 aliphatic carbocycles. The number of benzene rings is 1. The van der Waals surface area contributed by atoms with Crippen LogP contribution in [0, 0.1) is 0 Å². The maximum Gasteiger partial charge on any atom is 0.315 e. The van der Waals surface area contributed by atoms with E-state index in [1.54, 1.807) is 23.2 Å². The molecule has 2 aromatic rings. The van der Waals surface area contributed by atoms with Gasteiger partial charge in [-0.1, -0.05) is 23.2 Å². The summed E-state index contributed by atoms with van der Waals surface area (Å²) in [5, 5.41) is 5.37. The number of rotatable bonds is 1. The largest absolute Gasteiger partial charge is 0.351 e. The molecule has 0 spiro atoms. The van der Waals surface area contributed by atoms with E-state index in [-0.39, 0.29) is 0 Å². The summed E-state index contributed by atoms with van der Waals surface area (Å²) in [4.78, 5) is 12.8. The fourth-order valence-electron chi connectivity index (χ4n) is 2.36. The van der Waals surface area contributed by atoms with Gasteiger partial charge in [0.05, 0.1) is 34.2 Å². The number of amides is 2. The van der Waals surface area contributed by atoms with Gasteiger partial charge in [0.25, 0.3) is 0 Å². The second kappa shape index (κ2) is 5.00. The molecular weight excluding hydrogens is 299 g/mol. The van der Waals surface area contributed by atoms with E-state index in [2.05, 4.69) is 5.10 Å². The van der Waals surface area contributed by atoms with Crippen LogP contribution in [0.3, 0.4) is 0 Å². The van der Waals surface area contributed by atoms with Gasteiger partial charge in [-0.2, -0.15) is 5.10 Å². The van der Waals surface area contributed by atoms with Crippen molar-refractivity contribution in [3.8, 4) is 5.69 Å². The molecule has 0 saturated heterocycles. The minimum absolute atomic E-state index is 0.405. The lowest BCUT2D eigenvalue weighted by Gasteiger charge is -2.25. The number of halogens is 2. The van der Waals surface area contributed by atoms with Crippen LogP contribution in [-0.2, 0) is 13.0 Å². The first-order valence-electron chi connectivity index (χ1n) is 6.12. The molecule has 104 valence electrons. The third-order valence-corrected chi connectivity index (χ3v) is 4.13. The number of carbonyl (C=O) groups is 1. The number of primary amides is 1. The van der Waals surface area contributed by atoms with Crippen molar-refractivity contribution in [3.63, 3.8) is 0 Å². The molecular formula is C13H12Cl2N4O. The number of fused-ring (bicyclic) bond motifs is 1. The quantitative estimate of drug-likeness (QED) is 0.880. The van der Waals surface area contributed by atoms with Crippen LogP contribution in [0.4, 0.5) is 4.79 Å². The number of hydrogen-bond donors (Lipinski definition) is 1. The Bertz CT molecular complexity index is 683. The fraction of sp³-hybridized carbons (Fsp3) is 0.231. The highest BCUT2D eigenvalue weighted by Gasteiger charge is 2.23. The summed E-state index contributed by atoms with van der Waals surface area (Å²) in [6.45, 7) is 1.08. The van der Waals surface area contributed by atoms with E-state index in [1.807, 2.05) is 10.7 Å². The summed E-state index contributed by atoms with van der Waals surface area (Å²) < 4.78 is 1.83. The third kappa shape index (κ3) is 2.23. The Labute approximate surface area is 125 Å². The van der Waals surface area contributed by atoms with E-state index in [4.69, 9.17) is 28.9 Å². The first-order valence-corrected chi connectivity index (χ1v) is 6.87. The van der Waals surface area contributed by atoms with Crippen molar-refractivity contribution < 1.29 is 4.79 Å². The molecule has 0 saturated carbocycles. The van der Waals surface area contributed by atoms with E-state index in [0.29, 0.717) is 29.6 Å². The van der Waals surface area contributed by atoms with Gasteiger partial charge in [-0.3, -0.25) is 0 Å². The molecule has 1 aliphatic heterocycles. The molecule has 0 fully saturated rings. The van der Waals surface area contributed by atoms with Crippen molar-refractivity contribution >= 4 is 29.2 Å². The van der Waals surface area contributed by atoms with Crippen molar-refractivity contribution in [3.05, 3.63) is 45.7 Å². The van der Waals surface area contributed by atoms with Crippen molar-refractivity contribution in [1.29, 1.82) is 0 Å². The molecule has 2 heterocycles. The molecule has 1 aliphatic rings. The lowest BCUT2D eigenvalue weighted by molar-refractivity contribution is 0.202. The van der Waals surface area contributed by atoms with E-state index >= 15 is 0 Å². The molecule has 2 amide bonds. The van der Waals surface area contributed by atoms with Crippen LogP contribution in [-0.4, -0.2) is 27.3 Å². The highest BCUT2D eigenvalue weighted by molar-refractivity contribution is 6.42. The molecule has 1 aromatic heterocycles. The third-order valence-electron chi connectivity index (χ3n) is 3.39. The smallest absolute Gasteiger partial charge is 0.315 e. The Morgan fingerprint density at radius 1 is 1.30 bits per heavy atom. The summed E-state index contributed by atoms with van der Waals surface area (Å²) in [6, 6.07) is 4.98. The number of nitrogens with two attached hydrogens (primary N) is 1. The second-order valence-corrected chi connectivity index (χ2v) is 5.45. The normalized spacial score (nSPS) is 14.2. The van der Waals surface area contributed by atoms with E-state index < -0.39 is 6.03 Å². The van der Waals surface area contributed by atoms with E-state index in [9.17, 15) is 4.79 Å². The first-order chi connectivity index (χ1) is 9.56. The van der Waals surface area contributed by atoms with Crippen molar-refractivity contribution in [2.24, 2.45) is 5.73 Å². The molecule has 0 radical (unpaired) electrons. The maximum absolute atomic E-state index is 11.2. The summed E-state index contributed by atoms with van der Waals surface area (Å²) in [5.41, 5.74) is 8.23. The average Bonchev–Trinajstić information content (AvgIpc) is 2.84. The standard InChI is InChI=1S/C13H12Cl2N4O/c14-10-2-1-9(5-11(10)15)19-12-3-4-18(13(16)20)7-8(12)6-17-19/h1-2,5-6H,3-4,7H2,(H2,16,20). The highest BCUT2D eigenvalue weighted by atomic mass is 35.5. The minimum atomic E-state index is -0.405. The molecule has 0 atom stereocenters. The molecule has 0 unspecified atom stereocenters. The zero-order chi connectivity index (χ0) is 14.3. The van der Waals surface area contributed by atoms with Gasteiger partial charge in [0, 0.05) is 18.5 Å². The number of nitrogens with zero attached hydrogens (tertiary/aromatic N) is 3. The lowest BCUT2D eigenvalue weighted by Crippen LogP contribution is -2.39. The van der Waals surface area contributed by atoms with E-state index in [1.165, 1.54) is 0 Å². The molecule has 5 nitrogen and oxygen atoms in total. The number of aromatic nitrogens is 2. The van der Waals surface area contributed by atoms with Crippen LogP contribution >= 0.6 is 23.2 Å². The van der Waals surface area contributed by atoms with Gasteiger partial charge in [0.1, 0.15) is 0 Å². The van der Waals surface area contributed by atoms with Crippen LogP contribution < -0.4 is 5.73 Å². The zero-order valence-corrected chi connectivity index (χ0v) is 12.0. The van der Waals surface area contributed by atoms with Crippen LogP contribution in [0.2, 0.25) is 10.0 Å². The molecule has 1 aromatic carbocycles. The van der Waals surface area contributed by atoms with Gasteiger partial charge in [-0.05, 0) is 18.2 Å².